The third-order valence-electron chi connectivity index (χ3n) is 3.26. The summed E-state index contributed by atoms with van der Waals surface area (Å²) in [7, 11) is 4.46. The van der Waals surface area contributed by atoms with Gasteiger partial charge in [0.05, 0.1) is 32.7 Å². The summed E-state index contributed by atoms with van der Waals surface area (Å²) in [5, 5.41) is 9.91. The lowest BCUT2D eigenvalue weighted by Crippen LogP contribution is -2.12. The first kappa shape index (κ1) is 15.7. The summed E-state index contributed by atoms with van der Waals surface area (Å²) < 4.78 is 15.2. The minimum Gasteiger partial charge on any atom is -0.493 e. The van der Waals surface area contributed by atoms with Crippen molar-refractivity contribution in [3.8, 4) is 22.8 Å². The Morgan fingerprint density at radius 1 is 1.23 bits per heavy atom. The lowest BCUT2D eigenvalue weighted by atomic mass is 10.1. The van der Waals surface area contributed by atoms with Gasteiger partial charge in [-0.05, 0) is 24.6 Å². The van der Waals surface area contributed by atoms with E-state index >= 15 is 0 Å². The number of ether oxygens (including phenoxy) is 3. The van der Waals surface area contributed by atoms with Gasteiger partial charge in [0.1, 0.15) is 5.69 Å². The molecular weight excluding hydrogens is 286 g/mol. The van der Waals surface area contributed by atoms with Crippen molar-refractivity contribution in [2.45, 2.75) is 13.3 Å². The molecule has 0 radical (unpaired) electrons. The molecule has 0 atom stereocenters. The van der Waals surface area contributed by atoms with Crippen LogP contribution in [-0.4, -0.2) is 37.6 Å². The Labute approximate surface area is 128 Å². The van der Waals surface area contributed by atoms with Crippen molar-refractivity contribution >= 4 is 11.8 Å². The van der Waals surface area contributed by atoms with Crippen LogP contribution in [0.4, 0.5) is 10.5 Å². The maximum atomic E-state index is 11.5. The van der Waals surface area contributed by atoms with E-state index in [2.05, 4.69) is 20.3 Å². The third-order valence-corrected chi connectivity index (χ3v) is 3.26. The average molecular weight is 305 g/mol. The lowest BCUT2D eigenvalue weighted by molar-refractivity contribution is 0.187. The highest BCUT2D eigenvalue weighted by atomic mass is 16.5. The van der Waals surface area contributed by atoms with Crippen LogP contribution in [0.2, 0.25) is 0 Å². The summed E-state index contributed by atoms with van der Waals surface area (Å²) in [6.45, 7) is 1.97. The number of H-pyrrole nitrogens is 1. The summed E-state index contributed by atoms with van der Waals surface area (Å²) in [5.74, 6) is 1.21. The molecule has 0 unspecified atom stereocenters. The zero-order chi connectivity index (χ0) is 16.1. The maximum absolute atomic E-state index is 11.5. The number of methoxy groups -OCH3 is 3. The van der Waals surface area contributed by atoms with E-state index in [0.29, 0.717) is 29.3 Å². The standard InChI is InChI=1S/C15H19N3O4/c1-5-10-14(16-15(19)22-4)13(18-17-10)9-6-7-11(20-2)12(8-9)21-3/h6-8H,5H2,1-4H3,(H,16,19)(H,17,18). The van der Waals surface area contributed by atoms with Crippen molar-refractivity contribution in [2.24, 2.45) is 0 Å². The van der Waals surface area contributed by atoms with E-state index in [0.717, 1.165) is 11.3 Å². The smallest absolute Gasteiger partial charge is 0.411 e. The number of aromatic amines is 1. The van der Waals surface area contributed by atoms with Crippen molar-refractivity contribution < 1.29 is 19.0 Å². The Morgan fingerprint density at radius 2 is 1.95 bits per heavy atom. The van der Waals surface area contributed by atoms with Crippen LogP contribution in [0.5, 0.6) is 11.5 Å². The van der Waals surface area contributed by atoms with Gasteiger partial charge < -0.3 is 14.2 Å². The van der Waals surface area contributed by atoms with E-state index in [-0.39, 0.29) is 0 Å². The summed E-state index contributed by atoms with van der Waals surface area (Å²) in [6, 6.07) is 5.44. The van der Waals surface area contributed by atoms with Crippen molar-refractivity contribution in [2.75, 3.05) is 26.6 Å². The lowest BCUT2D eigenvalue weighted by Gasteiger charge is -2.10. The van der Waals surface area contributed by atoms with Gasteiger partial charge >= 0.3 is 6.09 Å². The molecule has 0 bridgehead atoms. The van der Waals surface area contributed by atoms with Gasteiger partial charge in [0.25, 0.3) is 0 Å². The minimum atomic E-state index is -0.544. The van der Waals surface area contributed by atoms with E-state index in [9.17, 15) is 4.79 Å². The van der Waals surface area contributed by atoms with Gasteiger partial charge in [0.2, 0.25) is 0 Å². The van der Waals surface area contributed by atoms with E-state index in [1.165, 1.54) is 7.11 Å². The van der Waals surface area contributed by atoms with Crippen LogP contribution < -0.4 is 14.8 Å². The van der Waals surface area contributed by atoms with Crippen LogP contribution in [0.1, 0.15) is 12.6 Å². The molecule has 0 aliphatic carbocycles. The molecule has 0 aliphatic rings. The van der Waals surface area contributed by atoms with Gasteiger partial charge in [-0.3, -0.25) is 10.4 Å². The first-order valence-corrected chi connectivity index (χ1v) is 6.79. The highest BCUT2D eigenvalue weighted by Crippen LogP contribution is 2.35. The molecule has 2 N–H and O–H groups in total. The number of carbonyl (C=O) groups excluding carboxylic acids is 1. The monoisotopic (exact) mass is 305 g/mol. The van der Waals surface area contributed by atoms with Gasteiger partial charge in [-0.2, -0.15) is 5.10 Å². The number of nitrogens with one attached hydrogen (secondary N) is 2. The molecule has 1 aromatic heterocycles. The Hall–Kier alpha value is -2.70. The fraction of sp³-hybridized carbons (Fsp3) is 0.333. The number of aryl methyl sites for hydroxylation is 1. The number of amides is 1. The van der Waals surface area contributed by atoms with Crippen molar-refractivity contribution in [1.82, 2.24) is 10.2 Å². The second kappa shape index (κ2) is 6.84. The summed E-state index contributed by atoms with van der Waals surface area (Å²) in [5.41, 5.74) is 2.82. The number of hydrogen-bond donors (Lipinski definition) is 2. The number of carbonyl (C=O) groups is 1. The molecule has 118 valence electrons. The molecule has 22 heavy (non-hydrogen) atoms. The molecule has 7 nitrogen and oxygen atoms in total. The average Bonchev–Trinajstić information content (AvgIpc) is 2.96. The number of hydrogen-bond acceptors (Lipinski definition) is 5. The van der Waals surface area contributed by atoms with Gasteiger partial charge in [-0.1, -0.05) is 6.92 Å². The van der Waals surface area contributed by atoms with Crippen molar-refractivity contribution in [3.63, 3.8) is 0 Å². The molecule has 0 saturated heterocycles. The van der Waals surface area contributed by atoms with Crippen LogP contribution in [0, 0.1) is 0 Å². The SMILES string of the molecule is CCc1[nH]nc(-c2ccc(OC)c(OC)c2)c1NC(=O)OC. The molecule has 0 saturated carbocycles. The third kappa shape index (κ3) is 2.98. The number of benzene rings is 1. The van der Waals surface area contributed by atoms with Crippen LogP contribution >= 0.6 is 0 Å². The second-order valence-corrected chi connectivity index (χ2v) is 4.47. The number of rotatable bonds is 5. The predicted octanol–water partition coefficient (Wildman–Crippen LogP) is 2.83. The predicted molar refractivity (Wildman–Crippen MR) is 82.5 cm³/mol. The molecule has 2 aromatic rings. The van der Waals surface area contributed by atoms with Gasteiger partial charge in [-0.25, -0.2) is 4.79 Å². The molecule has 1 heterocycles. The van der Waals surface area contributed by atoms with E-state index in [1.807, 2.05) is 13.0 Å². The van der Waals surface area contributed by atoms with Crippen molar-refractivity contribution in [3.05, 3.63) is 23.9 Å². The topological polar surface area (TPSA) is 85.5 Å². The zero-order valence-electron chi connectivity index (χ0n) is 13.0. The fourth-order valence-electron chi connectivity index (χ4n) is 2.11. The molecule has 7 heteroatoms. The molecule has 0 spiro atoms. The molecule has 0 fully saturated rings. The first-order valence-electron chi connectivity index (χ1n) is 6.79. The number of nitrogens with zero attached hydrogens (tertiary/aromatic N) is 1. The van der Waals surface area contributed by atoms with Crippen LogP contribution in [0.15, 0.2) is 18.2 Å². The minimum absolute atomic E-state index is 0.544. The molecular formula is C15H19N3O4. The highest BCUT2D eigenvalue weighted by molar-refractivity contribution is 5.91. The first-order chi connectivity index (χ1) is 10.6. The zero-order valence-corrected chi connectivity index (χ0v) is 13.0. The Kier molecular flexibility index (Phi) is 4.88. The van der Waals surface area contributed by atoms with Gasteiger partial charge in [-0.15, -0.1) is 0 Å². The fourth-order valence-corrected chi connectivity index (χ4v) is 2.11. The number of aromatic nitrogens is 2. The molecule has 0 aliphatic heterocycles. The Morgan fingerprint density at radius 3 is 2.55 bits per heavy atom. The van der Waals surface area contributed by atoms with Crippen LogP contribution in [-0.2, 0) is 11.2 Å². The van der Waals surface area contributed by atoms with Gasteiger partial charge in [0, 0.05) is 5.56 Å². The number of anilines is 1. The molecule has 2 rings (SSSR count). The van der Waals surface area contributed by atoms with Gasteiger partial charge in [0.15, 0.2) is 11.5 Å². The second-order valence-electron chi connectivity index (χ2n) is 4.47. The van der Waals surface area contributed by atoms with Crippen LogP contribution in [0.3, 0.4) is 0 Å². The summed E-state index contributed by atoms with van der Waals surface area (Å²) in [4.78, 5) is 11.5. The normalized spacial score (nSPS) is 10.2. The maximum Gasteiger partial charge on any atom is 0.411 e. The Balaban J connectivity index is 2.48. The van der Waals surface area contributed by atoms with E-state index in [1.54, 1.807) is 26.4 Å². The highest BCUT2D eigenvalue weighted by Gasteiger charge is 2.18. The van der Waals surface area contributed by atoms with E-state index < -0.39 is 6.09 Å². The molecule has 1 amide bonds. The molecule has 1 aromatic carbocycles. The van der Waals surface area contributed by atoms with Crippen molar-refractivity contribution in [1.29, 1.82) is 0 Å². The largest absolute Gasteiger partial charge is 0.493 e. The summed E-state index contributed by atoms with van der Waals surface area (Å²) in [6.07, 6.45) is 0.150. The Bertz CT molecular complexity index is 667. The summed E-state index contributed by atoms with van der Waals surface area (Å²) >= 11 is 0. The quantitative estimate of drug-likeness (QED) is 0.887. The van der Waals surface area contributed by atoms with E-state index in [4.69, 9.17) is 9.47 Å². The van der Waals surface area contributed by atoms with Crippen LogP contribution in [0.25, 0.3) is 11.3 Å².